The number of aromatic nitrogens is 2. The van der Waals surface area contributed by atoms with Crippen molar-refractivity contribution in [3.05, 3.63) is 53.7 Å². The van der Waals surface area contributed by atoms with Gasteiger partial charge in [-0.3, -0.25) is 4.79 Å². The van der Waals surface area contributed by atoms with E-state index in [0.717, 1.165) is 60.7 Å². The van der Waals surface area contributed by atoms with Gasteiger partial charge in [0.2, 0.25) is 11.9 Å². The predicted molar refractivity (Wildman–Crippen MR) is 124 cm³/mol. The van der Waals surface area contributed by atoms with E-state index in [1.165, 1.54) is 24.3 Å². The first-order chi connectivity index (χ1) is 16.3. The predicted octanol–water partition coefficient (Wildman–Crippen LogP) is 4.21. The molecule has 0 radical (unpaired) electrons. The number of rotatable bonds is 6. The van der Waals surface area contributed by atoms with Crippen molar-refractivity contribution >= 4 is 28.4 Å². The molecule has 1 saturated heterocycles. The maximum atomic E-state index is 12.4. The number of aryl methyl sites for hydroxylation is 2. The summed E-state index contributed by atoms with van der Waals surface area (Å²) >= 11 is 0. The number of carbonyl (C=O) groups is 1. The van der Waals surface area contributed by atoms with Crippen LogP contribution in [0.2, 0.25) is 0 Å². The minimum atomic E-state index is -4.73. The van der Waals surface area contributed by atoms with Crippen molar-refractivity contribution in [2.24, 2.45) is 0 Å². The van der Waals surface area contributed by atoms with Crippen LogP contribution in [0.15, 0.2) is 42.5 Å². The Kier molecular flexibility index (Phi) is 7.16. The van der Waals surface area contributed by atoms with Crippen LogP contribution < -0.4 is 20.3 Å². The van der Waals surface area contributed by atoms with E-state index in [2.05, 4.69) is 25.3 Å². The fourth-order valence-corrected chi connectivity index (χ4v) is 3.87. The van der Waals surface area contributed by atoms with Crippen molar-refractivity contribution < 1.29 is 22.7 Å². The molecular formula is C24H26F3N5O2. The first kappa shape index (κ1) is 23.7. The molecule has 0 spiro atoms. The van der Waals surface area contributed by atoms with Gasteiger partial charge >= 0.3 is 6.36 Å². The number of benzene rings is 2. The van der Waals surface area contributed by atoms with Gasteiger partial charge in [-0.25, -0.2) is 9.97 Å². The summed E-state index contributed by atoms with van der Waals surface area (Å²) in [6, 6.07) is 11.1. The molecule has 0 atom stereocenters. The van der Waals surface area contributed by atoms with Crippen molar-refractivity contribution in [1.82, 2.24) is 15.3 Å². The largest absolute Gasteiger partial charge is 0.573 e. The molecule has 4 rings (SSSR count). The van der Waals surface area contributed by atoms with Gasteiger partial charge in [-0.2, -0.15) is 0 Å². The molecule has 34 heavy (non-hydrogen) atoms. The molecule has 1 aliphatic rings. The van der Waals surface area contributed by atoms with Gasteiger partial charge in [0.1, 0.15) is 5.75 Å². The number of carbonyl (C=O) groups excluding carboxylic acids is 1. The van der Waals surface area contributed by atoms with Gasteiger partial charge in [0.15, 0.2) is 0 Å². The monoisotopic (exact) mass is 473 g/mol. The van der Waals surface area contributed by atoms with Gasteiger partial charge in [-0.15, -0.1) is 13.2 Å². The number of nitrogens with zero attached hydrogens (tertiary/aromatic N) is 3. The van der Waals surface area contributed by atoms with Crippen molar-refractivity contribution in [2.75, 3.05) is 36.4 Å². The Morgan fingerprint density at radius 1 is 1.12 bits per heavy atom. The molecule has 1 aliphatic heterocycles. The molecule has 2 N–H and O–H groups in total. The lowest BCUT2D eigenvalue weighted by molar-refractivity contribution is -0.274. The molecule has 3 aromatic rings. The lowest BCUT2D eigenvalue weighted by atomic mass is 10.1. The zero-order chi connectivity index (χ0) is 24.1. The van der Waals surface area contributed by atoms with Gasteiger partial charge in [-0.05, 0) is 62.2 Å². The van der Waals surface area contributed by atoms with Gasteiger partial charge in [0, 0.05) is 37.1 Å². The molecule has 1 amide bonds. The van der Waals surface area contributed by atoms with Crippen LogP contribution in [0.5, 0.6) is 5.75 Å². The van der Waals surface area contributed by atoms with E-state index in [9.17, 15) is 18.0 Å². The van der Waals surface area contributed by atoms with E-state index >= 15 is 0 Å². The van der Waals surface area contributed by atoms with Crippen molar-refractivity contribution in [3.8, 4) is 5.75 Å². The van der Waals surface area contributed by atoms with Crippen LogP contribution in [0.1, 0.15) is 24.1 Å². The number of hydrogen-bond donors (Lipinski definition) is 2. The number of amides is 1. The smallest absolute Gasteiger partial charge is 0.406 e. The molecule has 1 aromatic heterocycles. The van der Waals surface area contributed by atoms with Crippen molar-refractivity contribution in [3.63, 3.8) is 0 Å². The number of hydrogen-bond acceptors (Lipinski definition) is 6. The van der Waals surface area contributed by atoms with Crippen LogP contribution in [0.3, 0.4) is 0 Å². The zero-order valence-electron chi connectivity index (χ0n) is 18.8. The quantitative estimate of drug-likeness (QED) is 0.559. The lowest BCUT2D eigenvalue weighted by Crippen LogP contribution is -2.29. The number of nitrogens with one attached hydrogen (secondary N) is 2. The molecule has 1 fully saturated rings. The minimum absolute atomic E-state index is 0.189. The third kappa shape index (κ3) is 6.34. The molecule has 0 saturated carbocycles. The standard InChI is InChI=1S/C24H26F3N5O2/c1-16-20-15-18(6-9-21(20)31-23(29-16)32-13-2-11-28-12-14-32)30-22(33)10-5-17-3-7-19(8-4-17)34-24(25,26)27/h3-4,6-9,15,28H,2,5,10-14H2,1H3,(H,30,33). The summed E-state index contributed by atoms with van der Waals surface area (Å²) in [5.74, 6) is 0.240. The van der Waals surface area contributed by atoms with Gasteiger partial charge in [0.05, 0.1) is 11.2 Å². The second-order valence-corrected chi connectivity index (χ2v) is 8.17. The SMILES string of the molecule is Cc1nc(N2CCCNCC2)nc2ccc(NC(=O)CCc3ccc(OC(F)(F)F)cc3)cc12. The summed E-state index contributed by atoms with van der Waals surface area (Å²) in [7, 11) is 0. The molecule has 180 valence electrons. The highest BCUT2D eigenvalue weighted by Crippen LogP contribution is 2.25. The summed E-state index contributed by atoms with van der Waals surface area (Å²) in [4.78, 5) is 24.0. The maximum absolute atomic E-state index is 12.4. The zero-order valence-corrected chi connectivity index (χ0v) is 18.8. The van der Waals surface area contributed by atoms with Crippen LogP contribution in [0.25, 0.3) is 10.9 Å². The fourth-order valence-electron chi connectivity index (χ4n) is 3.87. The minimum Gasteiger partial charge on any atom is -0.406 e. The topological polar surface area (TPSA) is 79.4 Å². The third-order valence-corrected chi connectivity index (χ3v) is 5.58. The number of anilines is 2. The van der Waals surface area contributed by atoms with Crippen molar-refractivity contribution in [1.29, 1.82) is 0 Å². The summed E-state index contributed by atoms with van der Waals surface area (Å²) in [5, 5.41) is 7.12. The summed E-state index contributed by atoms with van der Waals surface area (Å²) in [6.07, 6.45) is -3.11. The Hall–Kier alpha value is -3.40. The van der Waals surface area contributed by atoms with Crippen LogP contribution in [0, 0.1) is 6.92 Å². The van der Waals surface area contributed by atoms with E-state index < -0.39 is 6.36 Å². The molecule has 0 bridgehead atoms. The van der Waals surface area contributed by atoms with Crippen LogP contribution >= 0.6 is 0 Å². The number of alkyl halides is 3. The van der Waals surface area contributed by atoms with Crippen LogP contribution in [-0.2, 0) is 11.2 Å². The lowest BCUT2D eigenvalue weighted by Gasteiger charge is -2.20. The van der Waals surface area contributed by atoms with Gasteiger partial charge < -0.3 is 20.3 Å². The van der Waals surface area contributed by atoms with Crippen LogP contribution in [-0.4, -0.2) is 48.4 Å². The Labute approximate surface area is 195 Å². The number of halogens is 3. The number of ether oxygens (including phenoxy) is 1. The van der Waals surface area contributed by atoms with E-state index in [4.69, 9.17) is 4.98 Å². The average molecular weight is 473 g/mol. The summed E-state index contributed by atoms with van der Waals surface area (Å²) in [5.41, 5.74) is 3.04. The Balaban J connectivity index is 1.37. The first-order valence-corrected chi connectivity index (χ1v) is 11.2. The Morgan fingerprint density at radius 3 is 2.68 bits per heavy atom. The van der Waals surface area contributed by atoms with E-state index in [-0.39, 0.29) is 18.1 Å². The highest BCUT2D eigenvalue weighted by atomic mass is 19.4. The molecule has 2 aromatic carbocycles. The van der Waals surface area contributed by atoms with Gasteiger partial charge in [0.25, 0.3) is 0 Å². The second kappa shape index (κ2) is 10.3. The van der Waals surface area contributed by atoms with E-state index in [0.29, 0.717) is 12.1 Å². The van der Waals surface area contributed by atoms with E-state index in [1.807, 2.05) is 25.1 Å². The third-order valence-electron chi connectivity index (χ3n) is 5.58. The molecule has 0 aliphatic carbocycles. The highest BCUT2D eigenvalue weighted by Gasteiger charge is 2.30. The summed E-state index contributed by atoms with van der Waals surface area (Å²) in [6.45, 7) is 5.59. The average Bonchev–Trinajstić information content (AvgIpc) is 3.08. The molecule has 7 nitrogen and oxygen atoms in total. The normalized spacial score (nSPS) is 14.6. The highest BCUT2D eigenvalue weighted by molar-refractivity contribution is 5.94. The summed E-state index contributed by atoms with van der Waals surface area (Å²) < 4.78 is 40.6. The molecule has 2 heterocycles. The molecular weight excluding hydrogens is 447 g/mol. The maximum Gasteiger partial charge on any atom is 0.573 e. The van der Waals surface area contributed by atoms with Gasteiger partial charge in [-0.1, -0.05) is 12.1 Å². The van der Waals surface area contributed by atoms with E-state index in [1.54, 1.807) is 0 Å². The first-order valence-electron chi connectivity index (χ1n) is 11.2. The second-order valence-electron chi connectivity index (χ2n) is 8.17. The fraction of sp³-hybridized carbons (Fsp3) is 0.375. The Bertz CT molecular complexity index is 1140. The number of fused-ring (bicyclic) bond motifs is 1. The van der Waals surface area contributed by atoms with Crippen molar-refractivity contribution in [2.45, 2.75) is 32.5 Å². The Morgan fingerprint density at radius 2 is 1.91 bits per heavy atom. The molecule has 10 heteroatoms. The molecule has 0 unspecified atom stereocenters. The van der Waals surface area contributed by atoms with Crippen LogP contribution in [0.4, 0.5) is 24.8 Å².